The van der Waals surface area contributed by atoms with E-state index in [4.69, 9.17) is 5.73 Å². The van der Waals surface area contributed by atoms with Crippen LogP contribution in [0, 0.1) is 6.92 Å². The normalized spacial score (nSPS) is 26.4. The summed E-state index contributed by atoms with van der Waals surface area (Å²) >= 11 is 0. The largest absolute Gasteiger partial charge is 0.328 e. The van der Waals surface area contributed by atoms with Gasteiger partial charge in [0.1, 0.15) is 0 Å². The van der Waals surface area contributed by atoms with Crippen LogP contribution in [0.3, 0.4) is 0 Å². The standard InChI is InChI=1S/C13H24N4/c1-4-17-13(7-10(2)15-17)9-16-6-5-12(14)8-11(16)3/h7,11-12H,4-6,8-9,14H2,1-3H3. The number of likely N-dealkylation sites (tertiary alicyclic amines) is 1. The average Bonchev–Trinajstić information content (AvgIpc) is 2.63. The molecule has 96 valence electrons. The number of nitrogens with two attached hydrogens (primary N) is 1. The van der Waals surface area contributed by atoms with Gasteiger partial charge in [-0.05, 0) is 39.7 Å². The van der Waals surface area contributed by atoms with Gasteiger partial charge in [0.2, 0.25) is 0 Å². The second-order valence-electron chi connectivity index (χ2n) is 5.20. The summed E-state index contributed by atoms with van der Waals surface area (Å²) < 4.78 is 2.11. The lowest BCUT2D eigenvalue weighted by Gasteiger charge is -2.36. The Morgan fingerprint density at radius 3 is 2.94 bits per heavy atom. The van der Waals surface area contributed by atoms with Crippen LogP contribution in [0.15, 0.2) is 6.07 Å². The van der Waals surface area contributed by atoms with Crippen molar-refractivity contribution in [3.05, 3.63) is 17.5 Å². The molecule has 0 spiro atoms. The summed E-state index contributed by atoms with van der Waals surface area (Å²) in [5, 5.41) is 4.50. The molecular weight excluding hydrogens is 212 g/mol. The van der Waals surface area contributed by atoms with Gasteiger partial charge in [0, 0.05) is 31.7 Å². The van der Waals surface area contributed by atoms with Gasteiger partial charge in [-0.15, -0.1) is 0 Å². The summed E-state index contributed by atoms with van der Waals surface area (Å²) in [5.41, 5.74) is 8.44. The number of piperidine rings is 1. The number of rotatable bonds is 3. The van der Waals surface area contributed by atoms with E-state index in [0.29, 0.717) is 12.1 Å². The van der Waals surface area contributed by atoms with Crippen molar-refractivity contribution in [1.82, 2.24) is 14.7 Å². The molecule has 2 atom stereocenters. The lowest BCUT2D eigenvalue weighted by atomic mass is 9.99. The molecular formula is C13H24N4. The maximum atomic E-state index is 6.00. The van der Waals surface area contributed by atoms with E-state index in [-0.39, 0.29) is 0 Å². The smallest absolute Gasteiger partial charge is 0.0597 e. The fourth-order valence-corrected chi connectivity index (χ4v) is 2.70. The molecule has 1 aromatic rings. The van der Waals surface area contributed by atoms with Crippen molar-refractivity contribution >= 4 is 0 Å². The van der Waals surface area contributed by atoms with Gasteiger partial charge in [-0.25, -0.2) is 0 Å². The Hall–Kier alpha value is -0.870. The highest BCUT2D eigenvalue weighted by Gasteiger charge is 2.23. The number of hydrogen-bond donors (Lipinski definition) is 1. The molecule has 1 fully saturated rings. The van der Waals surface area contributed by atoms with Crippen molar-refractivity contribution in [3.8, 4) is 0 Å². The molecule has 0 saturated carbocycles. The predicted octanol–water partition coefficient (Wildman–Crippen LogP) is 1.52. The molecule has 4 heteroatoms. The van der Waals surface area contributed by atoms with Crippen LogP contribution in [-0.2, 0) is 13.1 Å². The van der Waals surface area contributed by atoms with Crippen molar-refractivity contribution in [2.45, 2.75) is 58.8 Å². The Labute approximate surface area is 104 Å². The van der Waals surface area contributed by atoms with Gasteiger partial charge in [0.15, 0.2) is 0 Å². The summed E-state index contributed by atoms with van der Waals surface area (Å²) in [6.45, 7) is 9.54. The number of nitrogens with zero attached hydrogens (tertiary/aromatic N) is 3. The average molecular weight is 236 g/mol. The Morgan fingerprint density at radius 1 is 1.53 bits per heavy atom. The van der Waals surface area contributed by atoms with Crippen LogP contribution in [-0.4, -0.2) is 33.3 Å². The molecule has 0 aliphatic carbocycles. The van der Waals surface area contributed by atoms with Gasteiger partial charge in [-0.3, -0.25) is 9.58 Å². The van der Waals surface area contributed by atoms with Gasteiger partial charge >= 0.3 is 0 Å². The fourth-order valence-electron chi connectivity index (χ4n) is 2.70. The summed E-state index contributed by atoms with van der Waals surface area (Å²) in [6, 6.07) is 3.17. The first-order chi connectivity index (χ1) is 8.10. The van der Waals surface area contributed by atoms with Crippen molar-refractivity contribution < 1.29 is 0 Å². The second kappa shape index (κ2) is 5.19. The maximum Gasteiger partial charge on any atom is 0.0597 e. The van der Waals surface area contributed by atoms with Crippen LogP contribution in [0.5, 0.6) is 0 Å². The molecule has 2 heterocycles. The first-order valence-electron chi connectivity index (χ1n) is 6.63. The van der Waals surface area contributed by atoms with E-state index in [2.05, 4.69) is 41.5 Å². The summed E-state index contributed by atoms with van der Waals surface area (Å²) in [7, 11) is 0. The molecule has 1 aliphatic heterocycles. The first-order valence-corrected chi connectivity index (χ1v) is 6.63. The monoisotopic (exact) mass is 236 g/mol. The van der Waals surface area contributed by atoms with E-state index in [1.54, 1.807) is 0 Å². The minimum absolute atomic E-state index is 0.388. The SMILES string of the molecule is CCn1nc(C)cc1CN1CCC(N)CC1C. The van der Waals surface area contributed by atoms with Gasteiger partial charge in [-0.1, -0.05) is 0 Å². The quantitative estimate of drug-likeness (QED) is 0.865. The summed E-state index contributed by atoms with van der Waals surface area (Å²) in [4.78, 5) is 2.52. The van der Waals surface area contributed by atoms with E-state index in [9.17, 15) is 0 Å². The maximum absolute atomic E-state index is 6.00. The van der Waals surface area contributed by atoms with Gasteiger partial charge in [-0.2, -0.15) is 5.10 Å². The molecule has 0 aromatic carbocycles. The topological polar surface area (TPSA) is 47.1 Å². The van der Waals surface area contributed by atoms with Crippen LogP contribution in [0.1, 0.15) is 38.1 Å². The Bertz CT molecular complexity index is 371. The molecule has 0 bridgehead atoms. The Morgan fingerprint density at radius 2 is 2.29 bits per heavy atom. The van der Waals surface area contributed by atoms with Crippen LogP contribution in [0.25, 0.3) is 0 Å². The van der Waals surface area contributed by atoms with Crippen molar-refractivity contribution in [2.24, 2.45) is 5.73 Å². The first kappa shape index (κ1) is 12.6. The molecule has 4 nitrogen and oxygen atoms in total. The zero-order chi connectivity index (χ0) is 12.4. The predicted molar refractivity (Wildman–Crippen MR) is 69.7 cm³/mol. The van der Waals surface area contributed by atoms with E-state index < -0.39 is 0 Å². The lowest BCUT2D eigenvalue weighted by molar-refractivity contribution is 0.136. The molecule has 1 saturated heterocycles. The molecule has 1 aromatic heterocycles. The van der Waals surface area contributed by atoms with Crippen molar-refractivity contribution in [1.29, 1.82) is 0 Å². The van der Waals surface area contributed by atoms with E-state index in [1.807, 2.05) is 0 Å². The van der Waals surface area contributed by atoms with E-state index in [1.165, 1.54) is 5.69 Å². The van der Waals surface area contributed by atoms with Gasteiger partial charge in [0.05, 0.1) is 11.4 Å². The van der Waals surface area contributed by atoms with E-state index >= 15 is 0 Å². The van der Waals surface area contributed by atoms with E-state index in [0.717, 1.165) is 38.2 Å². The van der Waals surface area contributed by atoms with Crippen LogP contribution >= 0.6 is 0 Å². The van der Waals surface area contributed by atoms with Crippen molar-refractivity contribution in [2.75, 3.05) is 6.54 Å². The third kappa shape index (κ3) is 2.87. The highest BCUT2D eigenvalue weighted by atomic mass is 15.3. The third-order valence-corrected chi connectivity index (χ3v) is 3.70. The highest BCUT2D eigenvalue weighted by Crippen LogP contribution is 2.19. The van der Waals surface area contributed by atoms with Crippen molar-refractivity contribution in [3.63, 3.8) is 0 Å². The number of aryl methyl sites for hydroxylation is 2. The molecule has 2 rings (SSSR count). The highest BCUT2D eigenvalue weighted by molar-refractivity contribution is 5.09. The Kier molecular flexibility index (Phi) is 3.84. The van der Waals surface area contributed by atoms with Crippen LogP contribution < -0.4 is 5.73 Å². The fraction of sp³-hybridized carbons (Fsp3) is 0.769. The zero-order valence-corrected chi connectivity index (χ0v) is 11.2. The summed E-state index contributed by atoms with van der Waals surface area (Å²) in [6.07, 6.45) is 2.23. The minimum atomic E-state index is 0.388. The molecule has 0 radical (unpaired) electrons. The Balaban J connectivity index is 2.04. The summed E-state index contributed by atoms with van der Waals surface area (Å²) in [5.74, 6) is 0. The molecule has 2 unspecified atom stereocenters. The zero-order valence-electron chi connectivity index (χ0n) is 11.2. The second-order valence-corrected chi connectivity index (χ2v) is 5.20. The van der Waals surface area contributed by atoms with Gasteiger partial charge < -0.3 is 5.73 Å². The van der Waals surface area contributed by atoms with Crippen LogP contribution in [0.2, 0.25) is 0 Å². The van der Waals surface area contributed by atoms with Gasteiger partial charge in [0.25, 0.3) is 0 Å². The molecule has 2 N–H and O–H groups in total. The number of hydrogen-bond acceptors (Lipinski definition) is 3. The molecule has 0 amide bonds. The molecule has 1 aliphatic rings. The minimum Gasteiger partial charge on any atom is -0.328 e. The number of aromatic nitrogens is 2. The lowest BCUT2D eigenvalue weighted by Crippen LogP contribution is -2.45. The van der Waals surface area contributed by atoms with Crippen LogP contribution in [0.4, 0.5) is 0 Å². The molecule has 17 heavy (non-hydrogen) atoms. The third-order valence-electron chi connectivity index (χ3n) is 3.70.